The number of aliphatic hydroxyl groups is 1. The highest BCUT2D eigenvalue weighted by Crippen LogP contribution is 2.42. The van der Waals surface area contributed by atoms with Crippen molar-refractivity contribution in [2.75, 3.05) is 40.0 Å². The Morgan fingerprint density at radius 1 is 1.35 bits per heavy atom. The monoisotopic (exact) mass is 667 g/mol. The maximum absolute atomic E-state index is 15.6. The van der Waals surface area contributed by atoms with Gasteiger partial charge in [0.25, 0.3) is 5.92 Å². The average Bonchev–Trinajstić information content (AvgIpc) is 3.76. The molecular weight excluding hydrogens is 634 g/mol. The van der Waals surface area contributed by atoms with Gasteiger partial charge in [-0.15, -0.1) is 11.3 Å². The lowest BCUT2D eigenvalue weighted by molar-refractivity contribution is -0.191. The normalized spacial score (nSPS) is 24.2. The van der Waals surface area contributed by atoms with Crippen molar-refractivity contribution in [3.8, 4) is 0 Å². The maximum atomic E-state index is 15.6. The number of hydrogen-bond donors (Lipinski definition) is 2. The second-order valence-corrected chi connectivity index (χ2v) is 12.2. The Hall–Kier alpha value is -3.70. The lowest BCUT2D eigenvalue weighted by Crippen LogP contribution is -2.48. The van der Waals surface area contributed by atoms with Crippen molar-refractivity contribution in [2.45, 2.75) is 49.9 Å². The van der Waals surface area contributed by atoms with Crippen molar-refractivity contribution in [3.63, 3.8) is 0 Å². The first-order chi connectivity index (χ1) is 21.8. The van der Waals surface area contributed by atoms with Crippen molar-refractivity contribution >= 4 is 29.1 Å². The van der Waals surface area contributed by atoms with E-state index in [0.29, 0.717) is 5.01 Å². The molecule has 4 atom stereocenters. The van der Waals surface area contributed by atoms with Gasteiger partial charge in [-0.2, -0.15) is 5.06 Å². The topological polar surface area (TPSA) is 126 Å². The second-order valence-electron chi connectivity index (χ2n) is 11.3. The highest BCUT2D eigenvalue weighted by atomic mass is 32.1. The fraction of sp³-hybridized carbons (Fsp3) is 0.467. The third kappa shape index (κ3) is 6.44. The molecule has 4 heterocycles. The Balaban J connectivity index is 1.45. The Bertz CT molecular complexity index is 1570. The summed E-state index contributed by atoms with van der Waals surface area (Å²) in [6.07, 6.45) is 2.63. The highest BCUT2D eigenvalue weighted by molar-refractivity contribution is 7.11. The number of aromatic nitrogens is 1. The lowest BCUT2D eigenvalue weighted by Gasteiger charge is -2.31. The van der Waals surface area contributed by atoms with Gasteiger partial charge in [-0.25, -0.2) is 32.1 Å². The van der Waals surface area contributed by atoms with Crippen LogP contribution in [0.5, 0.6) is 0 Å². The number of esters is 2. The first-order valence-electron chi connectivity index (χ1n) is 14.3. The molecule has 46 heavy (non-hydrogen) atoms. The quantitative estimate of drug-likeness (QED) is 0.210. The number of carbonyl (C=O) groups is 2. The molecule has 2 saturated heterocycles. The molecule has 5 rings (SSSR count). The second kappa shape index (κ2) is 13.2. The number of rotatable bonds is 11. The molecule has 0 saturated carbocycles. The van der Waals surface area contributed by atoms with Crippen LogP contribution in [0, 0.1) is 18.6 Å². The number of nitrogens with one attached hydrogen (secondary N) is 1. The predicted octanol–water partition coefficient (Wildman–Crippen LogP) is 3.05. The number of fused-ring (bicyclic) bond motifs is 1. The van der Waals surface area contributed by atoms with Crippen LogP contribution in [-0.2, 0) is 23.9 Å². The van der Waals surface area contributed by atoms with Crippen LogP contribution in [-0.4, -0.2) is 101 Å². The van der Waals surface area contributed by atoms with E-state index >= 15 is 8.78 Å². The molecule has 1 aromatic heterocycles. The number of carbonyl (C=O) groups excluding carboxylic acids is 2. The third-order valence-corrected chi connectivity index (χ3v) is 8.98. The zero-order chi connectivity index (χ0) is 33.4. The summed E-state index contributed by atoms with van der Waals surface area (Å²) in [5, 5.41) is 16.8. The van der Waals surface area contributed by atoms with Crippen molar-refractivity contribution < 1.29 is 46.6 Å². The molecule has 0 unspecified atom stereocenters. The molecule has 0 spiro atoms. The van der Waals surface area contributed by atoms with Crippen molar-refractivity contribution in [2.24, 2.45) is 4.99 Å². The zero-order valence-corrected chi connectivity index (χ0v) is 26.1. The average molecular weight is 668 g/mol. The van der Waals surface area contributed by atoms with E-state index in [1.807, 2.05) is 0 Å². The van der Waals surface area contributed by atoms with Crippen LogP contribution in [0.4, 0.5) is 17.6 Å². The number of ether oxygens (including phenoxy) is 2. The van der Waals surface area contributed by atoms with E-state index < -0.39 is 59.8 Å². The number of hydrogen-bond acceptors (Lipinski definition) is 12. The number of alkyl halides is 2. The number of hydroxylamine groups is 2. The first-order valence-corrected chi connectivity index (χ1v) is 15.2. The van der Waals surface area contributed by atoms with E-state index in [4.69, 9.17) is 14.3 Å². The van der Waals surface area contributed by atoms with E-state index in [0.717, 1.165) is 18.2 Å². The molecule has 0 amide bonds. The number of halogens is 4. The summed E-state index contributed by atoms with van der Waals surface area (Å²) < 4.78 is 70.0. The minimum Gasteiger partial charge on any atom is -0.466 e. The lowest BCUT2D eigenvalue weighted by atomic mass is 9.92. The molecule has 11 nitrogen and oxygen atoms in total. The Labute approximate surface area is 266 Å². The molecule has 2 fully saturated rings. The summed E-state index contributed by atoms with van der Waals surface area (Å²) in [5.41, 5.74) is -1.74. The van der Waals surface area contributed by atoms with Crippen LogP contribution in [0.2, 0.25) is 0 Å². The number of amidine groups is 1. The van der Waals surface area contributed by atoms with Crippen molar-refractivity contribution in [3.05, 3.63) is 75.4 Å². The predicted molar refractivity (Wildman–Crippen MR) is 158 cm³/mol. The molecular formula is C30H33F4N5O6S. The number of nitrogens with zero attached hydrogens (tertiary/aromatic N) is 4. The van der Waals surface area contributed by atoms with Crippen LogP contribution < -0.4 is 5.32 Å². The number of methoxy groups -OCH3 is 1. The van der Waals surface area contributed by atoms with Gasteiger partial charge in [-0.1, -0.05) is 18.7 Å². The maximum Gasteiger partial charge on any atom is 0.338 e. The minimum atomic E-state index is -3.29. The van der Waals surface area contributed by atoms with E-state index in [9.17, 15) is 23.5 Å². The van der Waals surface area contributed by atoms with Crippen LogP contribution >= 0.6 is 11.3 Å². The molecule has 3 aliphatic heterocycles. The Kier molecular flexibility index (Phi) is 9.65. The zero-order valence-electron chi connectivity index (χ0n) is 25.3. The van der Waals surface area contributed by atoms with E-state index in [1.54, 1.807) is 5.38 Å². The van der Waals surface area contributed by atoms with Gasteiger partial charge in [0.1, 0.15) is 18.7 Å². The first kappa shape index (κ1) is 33.7. The summed E-state index contributed by atoms with van der Waals surface area (Å²) in [6, 6.07) is -1.21. The number of likely N-dealkylation sites (tertiary alicyclic amines) is 1. The number of aliphatic imine (C=N–C) groups is 1. The van der Waals surface area contributed by atoms with Gasteiger partial charge < -0.3 is 19.9 Å². The van der Waals surface area contributed by atoms with Crippen LogP contribution in [0.3, 0.4) is 0 Å². The Morgan fingerprint density at radius 3 is 2.78 bits per heavy atom. The van der Waals surface area contributed by atoms with Gasteiger partial charge in [0, 0.05) is 36.8 Å². The minimum absolute atomic E-state index is 0.0615. The molecule has 0 radical (unpaired) electrons. The smallest absolute Gasteiger partial charge is 0.338 e. The molecule has 248 valence electrons. The highest BCUT2D eigenvalue weighted by Gasteiger charge is 2.61. The SMILES string of the molecule is C=CCOC(=O)[C@](C)(O)CCN1OC[C@H]2[C@@H]1C(F)(F)CN2CC1=C(C(=O)OC)[C@H](c2ccc(F)c(F)c2C)N=C(c2nccs2)N1. The van der Waals surface area contributed by atoms with Gasteiger partial charge in [0.15, 0.2) is 28.1 Å². The fourth-order valence-corrected chi connectivity index (χ4v) is 6.41. The van der Waals surface area contributed by atoms with Gasteiger partial charge in [0.2, 0.25) is 0 Å². The van der Waals surface area contributed by atoms with Crippen LogP contribution in [0.15, 0.2) is 52.6 Å². The summed E-state index contributed by atoms with van der Waals surface area (Å²) in [5.74, 6) is -7.02. The van der Waals surface area contributed by atoms with Gasteiger partial charge in [-0.05, 0) is 31.0 Å². The number of thiazole rings is 1. The van der Waals surface area contributed by atoms with Gasteiger partial charge in [-0.3, -0.25) is 14.7 Å². The summed E-state index contributed by atoms with van der Waals surface area (Å²) in [6.45, 7) is 4.65. The standard InChI is InChI=1S/C30H33F4N5O6S/c1-5-11-44-28(41)29(3,42)8-10-39-24-20(14-45-39)38(15-30(24,33)34)13-19-21(27(40)43-4)23(17-6-7-18(31)22(32)16(17)2)37-25(36-19)26-35-9-12-46-26/h5-7,9,12,20,23-24,42H,1,8,10-11,13-15H2,2-4H3,(H,36,37)/t20-,23-,24+,29+/m0/s1. The molecule has 1 aromatic carbocycles. The van der Waals surface area contributed by atoms with E-state index in [2.05, 4.69) is 21.9 Å². The molecule has 0 bridgehead atoms. The Morgan fingerprint density at radius 2 is 2.11 bits per heavy atom. The van der Waals surface area contributed by atoms with E-state index in [1.165, 1.54) is 48.4 Å². The van der Waals surface area contributed by atoms with E-state index in [-0.39, 0.29) is 61.0 Å². The van der Waals surface area contributed by atoms with Crippen LogP contribution in [0.25, 0.3) is 0 Å². The van der Waals surface area contributed by atoms with Crippen LogP contribution in [0.1, 0.15) is 35.5 Å². The summed E-state index contributed by atoms with van der Waals surface area (Å²) >= 11 is 1.23. The third-order valence-electron chi connectivity index (χ3n) is 8.20. The van der Waals surface area contributed by atoms with Crippen molar-refractivity contribution in [1.82, 2.24) is 20.3 Å². The molecule has 2 aromatic rings. The fourth-order valence-electron chi connectivity index (χ4n) is 5.82. The molecule has 2 N–H and O–H groups in total. The van der Waals surface area contributed by atoms with Gasteiger partial charge >= 0.3 is 11.9 Å². The molecule has 16 heteroatoms. The number of benzene rings is 1. The summed E-state index contributed by atoms with van der Waals surface area (Å²) in [4.78, 5) is 41.5. The summed E-state index contributed by atoms with van der Waals surface area (Å²) in [7, 11) is 1.15. The van der Waals surface area contributed by atoms with Crippen molar-refractivity contribution in [1.29, 1.82) is 0 Å². The molecule has 3 aliphatic rings. The largest absolute Gasteiger partial charge is 0.466 e. The molecule has 0 aliphatic carbocycles. The van der Waals surface area contributed by atoms with Gasteiger partial charge in [0.05, 0.1) is 31.9 Å².